The lowest BCUT2D eigenvalue weighted by Crippen LogP contribution is -2.55. The molecule has 0 spiro atoms. The lowest BCUT2D eigenvalue weighted by atomic mass is 9.98. The van der Waals surface area contributed by atoms with Crippen molar-refractivity contribution in [2.75, 3.05) is 44.3 Å². The average Bonchev–Trinajstić information content (AvgIpc) is 2.51. The molecule has 3 rings (SSSR count). The molecule has 0 bridgehead atoms. The highest BCUT2D eigenvalue weighted by Gasteiger charge is 2.48. The molecular formula is C17H21F3N2O2. The molecule has 24 heavy (non-hydrogen) atoms. The molecule has 0 N–H and O–H groups in total. The van der Waals surface area contributed by atoms with Crippen LogP contribution in [-0.4, -0.2) is 56.4 Å². The van der Waals surface area contributed by atoms with E-state index in [2.05, 4.69) is 4.90 Å². The van der Waals surface area contributed by atoms with Crippen LogP contribution in [0.1, 0.15) is 12.0 Å². The molecule has 0 aromatic heterocycles. The first-order chi connectivity index (χ1) is 11.4. The monoisotopic (exact) mass is 342 g/mol. The zero-order valence-electron chi connectivity index (χ0n) is 13.4. The summed E-state index contributed by atoms with van der Waals surface area (Å²) in [6, 6.07) is 7.88. The van der Waals surface area contributed by atoms with Gasteiger partial charge in [-0.05, 0) is 18.1 Å². The molecule has 1 aromatic rings. The molecule has 0 radical (unpaired) electrons. The molecule has 2 saturated heterocycles. The summed E-state index contributed by atoms with van der Waals surface area (Å²) in [5.74, 6) is -1.56. The normalized spacial score (nSPS) is 19.3. The number of ether oxygens (including phenoxy) is 1. The van der Waals surface area contributed by atoms with Crippen molar-refractivity contribution in [2.24, 2.45) is 5.92 Å². The van der Waals surface area contributed by atoms with Gasteiger partial charge in [-0.1, -0.05) is 18.2 Å². The molecular weight excluding hydrogens is 321 g/mol. The van der Waals surface area contributed by atoms with Gasteiger partial charge in [0.05, 0.1) is 19.1 Å². The van der Waals surface area contributed by atoms with Gasteiger partial charge in [-0.3, -0.25) is 4.79 Å². The highest BCUT2D eigenvalue weighted by Crippen LogP contribution is 2.34. The fourth-order valence-electron chi connectivity index (χ4n) is 3.12. The van der Waals surface area contributed by atoms with Crippen molar-refractivity contribution in [3.05, 3.63) is 29.8 Å². The summed E-state index contributed by atoms with van der Waals surface area (Å²) in [4.78, 5) is 15.6. The number of benzene rings is 1. The van der Waals surface area contributed by atoms with E-state index in [1.807, 2.05) is 24.3 Å². The first-order valence-corrected chi connectivity index (χ1v) is 8.20. The summed E-state index contributed by atoms with van der Waals surface area (Å²) < 4.78 is 42.8. The minimum Gasteiger partial charge on any atom is -0.378 e. The standard InChI is InChI=1S/C17H21F3N2O2/c18-17(19,20)14-11-22(12-14)16(23)6-5-13-3-1-2-4-15(13)21-7-9-24-10-8-21/h1-4,14H,5-12H2. The second-order valence-electron chi connectivity index (χ2n) is 6.27. The molecule has 4 nitrogen and oxygen atoms in total. The van der Waals surface area contributed by atoms with Gasteiger partial charge in [0, 0.05) is 38.3 Å². The zero-order valence-corrected chi connectivity index (χ0v) is 13.4. The van der Waals surface area contributed by atoms with Crippen LogP contribution in [0.2, 0.25) is 0 Å². The molecule has 2 aliphatic rings. The number of likely N-dealkylation sites (tertiary alicyclic amines) is 1. The largest absolute Gasteiger partial charge is 0.395 e. The lowest BCUT2D eigenvalue weighted by Gasteiger charge is -2.40. The molecule has 2 aliphatic heterocycles. The molecule has 2 heterocycles. The van der Waals surface area contributed by atoms with Gasteiger partial charge in [0.15, 0.2) is 0 Å². The van der Waals surface area contributed by atoms with Crippen molar-refractivity contribution >= 4 is 11.6 Å². The first-order valence-electron chi connectivity index (χ1n) is 8.20. The fourth-order valence-corrected chi connectivity index (χ4v) is 3.12. The average molecular weight is 342 g/mol. The van der Waals surface area contributed by atoms with Gasteiger partial charge in [0.2, 0.25) is 5.91 Å². The number of carbonyl (C=O) groups is 1. The Bertz CT molecular complexity index is 579. The molecule has 132 valence electrons. The van der Waals surface area contributed by atoms with Crippen molar-refractivity contribution in [3.63, 3.8) is 0 Å². The maximum absolute atomic E-state index is 12.5. The summed E-state index contributed by atoms with van der Waals surface area (Å²) in [7, 11) is 0. The smallest absolute Gasteiger partial charge is 0.378 e. The number of carbonyl (C=O) groups excluding carboxylic acids is 1. The number of aryl methyl sites for hydroxylation is 1. The van der Waals surface area contributed by atoms with E-state index in [-0.39, 0.29) is 25.4 Å². The molecule has 0 aliphatic carbocycles. The second-order valence-corrected chi connectivity index (χ2v) is 6.27. The SMILES string of the molecule is O=C(CCc1ccccc1N1CCOCC1)N1CC(C(F)(F)F)C1. The minimum absolute atomic E-state index is 0.201. The third-order valence-corrected chi connectivity index (χ3v) is 4.65. The Balaban J connectivity index is 1.54. The van der Waals surface area contributed by atoms with Crippen molar-refractivity contribution in [1.82, 2.24) is 4.90 Å². The summed E-state index contributed by atoms with van der Waals surface area (Å²) in [6.07, 6.45) is -3.41. The Kier molecular flexibility index (Phi) is 4.99. The van der Waals surface area contributed by atoms with Crippen LogP contribution in [0.15, 0.2) is 24.3 Å². The van der Waals surface area contributed by atoms with Crippen molar-refractivity contribution < 1.29 is 22.7 Å². The second kappa shape index (κ2) is 7.01. The van der Waals surface area contributed by atoms with E-state index >= 15 is 0 Å². The van der Waals surface area contributed by atoms with E-state index in [9.17, 15) is 18.0 Å². The summed E-state index contributed by atoms with van der Waals surface area (Å²) in [6.45, 7) is 2.58. The summed E-state index contributed by atoms with van der Waals surface area (Å²) in [5, 5.41) is 0. The molecule has 1 amide bonds. The topological polar surface area (TPSA) is 32.8 Å². The third kappa shape index (κ3) is 3.83. The van der Waals surface area contributed by atoms with E-state index in [1.54, 1.807) is 0 Å². The number of amides is 1. The molecule has 2 fully saturated rings. The Labute approximate surface area is 139 Å². The van der Waals surface area contributed by atoms with E-state index in [0.29, 0.717) is 19.6 Å². The van der Waals surface area contributed by atoms with Gasteiger partial charge in [0.1, 0.15) is 0 Å². The lowest BCUT2D eigenvalue weighted by molar-refractivity contribution is -0.209. The summed E-state index contributed by atoms with van der Waals surface area (Å²) in [5.41, 5.74) is 2.14. The number of rotatable bonds is 4. The Hall–Kier alpha value is -1.76. The van der Waals surface area contributed by atoms with Crippen LogP contribution in [-0.2, 0) is 16.0 Å². The van der Waals surface area contributed by atoms with Crippen LogP contribution in [0.25, 0.3) is 0 Å². The number of hydrogen-bond acceptors (Lipinski definition) is 3. The van der Waals surface area contributed by atoms with E-state index in [4.69, 9.17) is 4.74 Å². The quantitative estimate of drug-likeness (QED) is 0.843. The molecule has 1 aromatic carbocycles. The van der Waals surface area contributed by atoms with Crippen LogP contribution >= 0.6 is 0 Å². The highest BCUT2D eigenvalue weighted by molar-refractivity contribution is 5.77. The van der Waals surface area contributed by atoms with Crippen molar-refractivity contribution in [1.29, 1.82) is 0 Å². The number of hydrogen-bond donors (Lipinski definition) is 0. The van der Waals surface area contributed by atoms with Crippen LogP contribution in [0.5, 0.6) is 0 Å². The summed E-state index contributed by atoms with van der Waals surface area (Å²) >= 11 is 0. The zero-order chi connectivity index (χ0) is 17.2. The number of anilines is 1. The molecule has 0 saturated carbocycles. The van der Waals surface area contributed by atoms with Crippen LogP contribution < -0.4 is 4.90 Å². The van der Waals surface area contributed by atoms with Crippen molar-refractivity contribution in [2.45, 2.75) is 19.0 Å². The number of para-hydroxylation sites is 1. The van der Waals surface area contributed by atoms with E-state index in [1.165, 1.54) is 4.90 Å². The first kappa shape index (κ1) is 17.1. The predicted molar refractivity (Wildman–Crippen MR) is 83.9 cm³/mol. The number of halogens is 3. The van der Waals surface area contributed by atoms with Gasteiger partial charge < -0.3 is 14.5 Å². The maximum Gasteiger partial charge on any atom is 0.395 e. The Morgan fingerprint density at radius 3 is 2.50 bits per heavy atom. The molecule has 0 atom stereocenters. The molecule has 0 unspecified atom stereocenters. The minimum atomic E-state index is -4.19. The van der Waals surface area contributed by atoms with Gasteiger partial charge in [-0.2, -0.15) is 13.2 Å². The van der Waals surface area contributed by atoms with Crippen LogP contribution in [0.3, 0.4) is 0 Å². The van der Waals surface area contributed by atoms with Crippen LogP contribution in [0.4, 0.5) is 18.9 Å². The molecule has 7 heteroatoms. The third-order valence-electron chi connectivity index (χ3n) is 4.65. The number of nitrogens with zero attached hydrogens (tertiary/aromatic N) is 2. The Morgan fingerprint density at radius 1 is 1.17 bits per heavy atom. The van der Waals surface area contributed by atoms with Crippen molar-refractivity contribution in [3.8, 4) is 0 Å². The fraction of sp³-hybridized carbons (Fsp3) is 0.588. The van der Waals surface area contributed by atoms with Gasteiger partial charge in [-0.15, -0.1) is 0 Å². The number of morpholine rings is 1. The van der Waals surface area contributed by atoms with Crippen LogP contribution in [0, 0.1) is 5.92 Å². The maximum atomic E-state index is 12.5. The number of alkyl halides is 3. The van der Waals surface area contributed by atoms with E-state index in [0.717, 1.165) is 24.3 Å². The predicted octanol–water partition coefficient (Wildman–Crippen LogP) is 2.48. The van der Waals surface area contributed by atoms with Gasteiger partial charge in [0.25, 0.3) is 0 Å². The van der Waals surface area contributed by atoms with E-state index < -0.39 is 12.1 Å². The van der Waals surface area contributed by atoms with Gasteiger partial charge >= 0.3 is 6.18 Å². The Morgan fingerprint density at radius 2 is 1.83 bits per heavy atom. The van der Waals surface area contributed by atoms with Gasteiger partial charge in [-0.25, -0.2) is 0 Å². The highest BCUT2D eigenvalue weighted by atomic mass is 19.4.